The first kappa shape index (κ1) is 13.9. The molecule has 2 aromatic rings. The molecule has 0 spiro atoms. The zero-order valence-electron chi connectivity index (χ0n) is 9.55. The first-order valence-corrected chi connectivity index (χ1v) is 5.69. The van der Waals surface area contributed by atoms with Crippen LogP contribution in [0.3, 0.4) is 0 Å². The molecule has 0 atom stereocenters. The van der Waals surface area contributed by atoms with Crippen LogP contribution in [-0.4, -0.2) is 30.2 Å². The standard InChI is InChI=1S/C12H9ClF3NO2/c13-9-3-1-2-7-8(4-17-11(7)9)10(18)5-19-6-12(14,15)16/h1-4,17H,5-6H2. The number of hydrogen-bond acceptors (Lipinski definition) is 2. The Morgan fingerprint density at radius 3 is 2.79 bits per heavy atom. The van der Waals surface area contributed by atoms with Gasteiger partial charge in [-0.1, -0.05) is 23.7 Å². The summed E-state index contributed by atoms with van der Waals surface area (Å²) in [5.41, 5.74) is 0.836. The Labute approximate surface area is 111 Å². The predicted octanol–water partition coefficient (Wildman–Crippen LogP) is 3.58. The van der Waals surface area contributed by atoms with Gasteiger partial charge in [0.25, 0.3) is 0 Å². The number of aromatic amines is 1. The SMILES string of the molecule is O=C(COCC(F)(F)F)c1c[nH]c2c(Cl)cccc12. The Kier molecular flexibility index (Phi) is 3.82. The Bertz CT molecular complexity index is 607. The number of fused-ring (bicyclic) bond motifs is 1. The van der Waals surface area contributed by atoms with Crippen molar-refractivity contribution in [2.45, 2.75) is 6.18 Å². The molecule has 102 valence electrons. The van der Waals surface area contributed by atoms with Gasteiger partial charge in [0, 0.05) is 17.1 Å². The number of alkyl halides is 3. The summed E-state index contributed by atoms with van der Waals surface area (Å²) < 4.78 is 40.0. The van der Waals surface area contributed by atoms with E-state index in [1.165, 1.54) is 6.20 Å². The number of halogens is 4. The third-order valence-corrected chi connectivity index (χ3v) is 2.78. The first-order valence-electron chi connectivity index (χ1n) is 5.32. The molecule has 0 aliphatic carbocycles. The molecule has 19 heavy (non-hydrogen) atoms. The van der Waals surface area contributed by atoms with Crippen LogP contribution in [0, 0.1) is 0 Å². The number of benzene rings is 1. The van der Waals surface area contributed by atoms with E-state index in [1.54, 1.807) is 18.2 Å². The van der Waals surface area contributed by atoms with Crippen LogP contribution in [0.2, 0.25) is 5.02 Å². The molecule has 0 bridgehead atoms. The topological polar surface area (TPSA) is 42.1 Å². The summed E-state index contributed by atoms with van der Waals surface area (Å²) in [4.78, 5) is 14.6. The first-order chi connectivity index (χ1) is 8.88. The number of H-pyrrole nitrogens is 1. The Hall–Kier alpha value is -1.53. The Balaban J connectivity index is 2.12. The van der Waals surface area contributed by atoms with Crippen molar-refractivity contribution in [1.29, 1.82) is 0 Å². The number of carbonyl (C=O) groups is 1. The van der Waals surface area contributed by atoms with Crippen LogP contribution in [0.4, 0.5) is 13.2 Å². The van der Waals surface area contributed by atoms with Crippen molar-refractivity contribution < 1.29 is 22.7 Å². The van der Waals surface area contributed by atoms with Crippen LogP contribution < -0.4 is 0 Å². The molecule has 0 aliphatic heterocycles. The highest BCUT2D eigenvalue weighted by Crippen LogP contribution is 2.25. The van der Waals surface area contributed by atoms with E-state index in [9.17, 15) is 18.0 Å². The molecule has 0 saturated heterocycles. The monoisotopic (exact) mass is 291 g/mol. The number of ketones is 1. The van der Waals surface area contributed by atoms with Crippen LogP contribution in [0.25, 0.3) is 10.9 Å². The summed E-state index contributed by atoms with van der Waals surface area (Å²) in [6.07, 6.45) is -3.03. The minimum Gasteiger partial charge on any atom is -0.364 e. The molecule has 1 heterocycles. The van der Waals surface area contributed by atoms with E-state index >= 15 is 0 Å². The summed E-state index contributed by atoms with van der Waals surface area (Å²) in [5, 5.41) is 1.00. The number of nitrogens with one attached hydrogen (secondary N) is 1. The molecule has 2 rings (SSSR count). The number of rotatable bonds is 4. The molecule has 1 aromatic carbocycles. The second-order valence-corrected chi connectivity index (χ2v) is 4.30. The summed E-state index contributed by atoms with van der Waals surface area (Å²) >= 11 is 5.92. The number of carbonyl (C=O) groups excluding carboxylic acids is 1. The lowest BCUT2D eigenvalue weighted by molar-refractivity contribution is -0.170. The second-order valence-electron chi connectivity index (χ2n) is 3.90. The maximum absolute atomic E-state index is 11.9. The van der Waals surface area contributed by atoms with Crippen LogP contribution in [-0.2, 0) is 4.74 Å². The van der Waals surface area contributed by atoms with Crippen LogP contribution in [0.1, 0.15) is 10.4 Å². The summed E-state index contributed by atoms with van der Waals surface area (Å²) in [6, 6.07) is 4.97. The Morgan fingerprint density at radius 1 is 1.37 bits per heavy atom. The normalized spacial score (nSPS) is 12.0. The van der Waals surface area contributed by atoms with Gasteiger partial charge in [-0.2, -0.15) is 13.2 Å². The van der Waals surface area contributed by atoms with Crippen molar-refractivity contribution in [2.75, 3.05) is 13.2 Å². The van der Waals surface area contributed by atoms with Crippen molar-refractivity contribution in [1.82, 2.24) is 4.98 Å². The van der Waals surface area contributed by atoms with Gasteiger partial charge in [-0.05, 0) is 6.07 Å². The minimum atomic E-state index is -4.44. The average Bonchev–Trinajstić information content (AvgIpc) is 2.72. The molecule has 3 nitrogen and oxygen atoms in total. The van der Waals surface area contributed by atoms with Gasteiger partial charge in [0.2, 0.25) is 0 Å². The van der Waals surface area contributed by atoms with Crippen LogP contribution in [0.15, 0.2) is 24.4 Å². The van der Waals surface area contributed by atoms with Crippen molar-refractivity contribution in [3.63, 3.8) is 0 Å². The molecular weight excluding hydrogens is 283 g/mol. The maximum Gasteiger partial charge on any atom is 0.411 e. The number of hydrogen-bond donors (Lipinski definition) is 1. The van der Waals surface area contributed by atoms with E-state index in [4.69, 9.17) is 11.6 Å². The molecular formula is C12H9ClF3NO2. The van der Waals surface area contributed by atoms with E-state index in [0.29, 0.717) is 15.9 Å². The molecule has 0 aliphatic rings. The number of para-hydroxylation sites is 1. The average molecular weight is 292 g/mol. The van der Waals surface area contributed by atoms with Crippen molar-refractivity contribution in [3.8, 4) is 0 Å². The molecule has 0 fully saturated rings. The smallest absolute Gasteiger partial charge is 0.364 e. The van der Waals surface area contributed by atoms with Gasteiger partial charge in [-0.25, -0.2) is 0 Å². The van der Waals surface area contributed by atoms with E-state index in [-0.39, 0.29) is 5.56 Å². The van der Waals surface area contributed by atoms with Gasteiger partial charge in [0.05, 0.1) is 10.5 Å². The van der Waals surface area contributed by atoms with E-state index < -0.39 is 25.2 Å². The lowest BCUT2D eigenvalue weighted by Crippen LogP contribution is -2.20. The lowest BCUT2D eigenvalue weighted by atomic mass is 10.1. The summed E-state index contributed by atoms with van der Waals surface area (Å²) in [5.74, 6) is -0.530. The number of aromatic nitrogens is 1. The van der Waals surface area contributed by atoms with Gasteiger partial charge < -0.3 is 9.72 Å². The fourth-order valence-corrected chi connectivity index (χ4v) is 1.91. The Morgan fingerprint density at radius 2 is 2.11 bits per heavy atom. The van der Waals surface area contributed by atoms with Gasteiger partial charge in [0.1, 0.15) is 13.2 Å². The van der Waals surface area contributed by atoms with Crippen molar-refractivity contribution in [2.24, 2.45) is 0 Å². The van der Waals surface area contributed by atoms with Crippen molar-refractivity contribution in [3.05, 3.63) is 35.0 Å². The van der Waals surface area contributed by atoms with Crippen LogP contribution >= 0.6 is 11.6 Å². The van der Waals surface area contributed by atoms with E-state index in [1.807, 2.05) is 0 Å². The quantitative estimate of drug-likeness (QED) is 0.875. The molecule has 0 amide bonds. The van der Waals surface area contributed by atoms with Crippen LogP contribution in [0.5, 0.6) is 0 Å². The van der Waals surface area contributed by atoms with E-state index in [0.717, 1.165) is 0 Å². The van der Waals surface area contributed by atoms with Gasteiger partial charge in [0.15, 0.2) is 5.78 Å². The molecule has 7 heteroatoms. The molecule has 1 N–H and O–H groups in total. The highest BCUT2D eigenvalue weighted by atomic mass is 35.5. The van der Waals surface area contributed by atoms with Gasteiger partial charge in [-0.15, -0.1) is 0 Å². The zero-order chi connectivity index (χ0) is 14.0. The zero-order valence-corrected chi connectivity index (χ0v) is 10.3. The third-order valence-electron chi connectivity index (χ3n) is 2.46. The molecule has 0 radical (unpaired) electrons. The minimum absolute atomic E-state index is 0.264. The van der Waals surface area contributed by atoms with Gasteiger partial charge in [-0.3, -0.25) is 4.79 Å². The highest BCUT2D eigenvalue weighted by Gasteiger charge is 2.28. The third kappa shape index (κ3) is 3.27. The fraction of sp³-hybridized carbons (Fsp3) is 0.250. The molecule has 1 aromatic heterocycles. The predicted molar refractivity (Wildman–Crippen MR) is 64.5 cm³/mol. The lowest BCUT2D eigenvalue weighted by Gasteiger charge is -2.06. The maximum atomic E-state index is 11.9. The highest BCUT2D eigenvalue weighted by molar-refractivity contribution is 6.35. The number of ether oxygens (including phenoxy) is 1. The van der Waals surface area contributed by atoms with Gasteiger partial charge >= 0.3 is 6.18 Å². The van der Waals surface area contributed by atoms with Crippen molar-refractivity contribution >= 4 is 28.3 Å². The largest absolute Gasteiger partial charge is 0.411 e. The second kappa shape index (κ2) is 5.22. The molecule has 0 unspecified atom stereocenters. The number of Topliss-reactive ketones (excluding diaryl/α,β-unsaturated/α-hetero) is 1. The summed E-state index contributed by atoms with van der Waals surface area (Å²) in [6.45, 7) is -2.07. The van der Waals surface area contributed by atoms with E-state index in [2.05, 4.69) is 9.72 Å². The summed E-state index contributed by atoms with van der Waals surface area (Å²) in [7, 11) is 0. The fourth-order valence-electron chi connectivity index (χ4n) is 1.69. The molecule has 0 saturated carbocycles.